The average molecular weight is 449 g/mol. The standard InChI is InChI=1S/C21H25ClN4O3S/c1-24(2)19(27)14-25-8-4-9-26(11-10-25)21(29)15-6-7-16(22)17(13-15)23-20(28)18-5-3-12-30-18/h3,5-7,12-13H,4,8-11,14H2,1-2H3,(H,23,28). The number of carbonyl (C=O) groups excluding carboxylic acids is 3. The molecule has 0 aliphatic carbocycles. The fraction of sp³-hybridized carbons (Fsp3) is 0.381. The third kappa shape index (κ3) is 5.59. The predicted octanol–water partition coefficient (Wildman–Crippen LogP) is 2.89. The monoisotopic (exact) mass is 448 g/mol. The molecule has 1 N–H and O–H groups in total. The molecule has 0 atom stereocenters. The number of benzene rings is 1. The topological polar surface area (TPSA) is 73.0 Å². The first-order chi connectivity index (χ1) is 14.3. The van der Waals surface area contributed by atoms with Crippen LogP contribution in [0.5, 0.6) is 0 Å². The average Bonchev–Trinajstić information content (AvgIpc) is 3.16. The van der Waals surface area contributed by atoms with Gasteiger partial charge in [-0.05, 0) is 36.1 Å². The maximum Gasteiger partial charge on any atom is 0.265 e. The second-order valence-corrected chi connectivity index (χ2v) is 8.69. The molecule has 1 aromatic carbocycles. The number of halogens is 1. The Labute approximate surface area is 185 Å². The van der Waals surface area contributed by atoms with E-state index in [4.69, 9.17) is 11.6 Å². The summed E-state index contributed by atoms with van der Waals surface area (Å²) in [5.41, 5.74) is 0.882. The highest BCUT2D eigenvalue weighted by Crippen LogP contribution is 2.25. The van der Waals surface area contributed by atoms with Crippen LogP contribution in [0.15, 0.2) is 35.7 Å². The first kappa shape index (κ1) is 22.3. The van der Waals surface area contributed by atoms with E-state index in [1.54, 1.807) is 54.2 Å². The fourth-order valence-electron chi connectivity index (χ4n) is 3.19. The lowest BCUT2D eigenvalue weighted by Gasteiger charge is -2.23. The summed E-state index contributed by atoms with van der Waals surface area (Å²) in [6.45, 7) is 2.92. The van der Waals surface area contributed by atoms with Gasteiger partial charge in [0.25, 0.3) is 11.8 Å². The number of thiophene rings is 1. The Bertz CT molecular complexity index is 917. The zero-order chi connectivity index (χ0) is 21.7. The highest BCUT2D eigenvalue weighted by molar-refractivity contribution is 7.12. The maximum atomic E-state index is 13.0. The molecule has 1 aliphatic heterocycles. The van der Waals surface area contributed by atoms with Gasteiger partial charge >= 0.3 is 0 Å². The van der Waals surface area contributed by atoms with Crippen LogP contribution in [0.3, 0.4) is 0 Å². The van der Waals surface area contributed by atoms with Crippen LogP contribution in [0, 0.1) is 0 Å². The predicted molar refractivity (Wildman–Crippen MR) is 119 cm³/mol. The van der Waals surface area contributed by atoms with Crippen molar-refractivity contribution in [2.75, 3.05) is 52.1 Å². The second-order valence-electron chi connectivity index (χ2n) is 7.34. The van der Waals surface area contributed by atoms with Crippen molar-refractivity contribution in [1.82, 2.24) is 14.7 Å². The van der Waals surface area contributed by atoms with Gasteiger partial charge in [0, 0.05) is 45.8 Å². The van der Waals surface area contributed by atoms with Gasteiger partial charge in [-0.3, -0.25) is 19.3 Å². The molecule has 1 saturated heterocycles. The van der Waals surface area contributed by atoms with Gasteiger partial charge < -0.3 is 15.1 Å². The molecule has 0 spiro atoms. The molecule has 1 aliphatic rings. The Morgan fingerprint density at radius 2 is 1.93 bits per heavy atom. The molecule has 1 aromatic heterocycles. The van der Waals surface area contributed by atoms with Crippen LogP contribution >= 0.6 is 22.9 Å². The number of hydrogen-bond donors (Lipinski definition) is 1. The lowest BCUT2D eigenvalue weighted by Crippen LogP contribution is -2.39. The fourth-order valence-corrected chi connectivity index (χ4v) is 3.98. The number of amides is 3. The first-order valence-corrected chi connectivity index (χ1v) is 11.0. The molecule has 160 valence electrons. The summed E-state index contributed by atoms with van der Waals surface area (Å²) >= 11 is 7.57. The van der Waals surface area contributed by atoms with Crippen molar-refractivity contribution in [3.8, 4) is 0 Å². The van der Waals surface area contributed by atoms with Gasteiger partial charge in [-0.1, -0.05) is 17.7 Å². The third-order valence-corrected chi connectivity index (χ3v) is 6.14. The van der Waals surface area contributed by atoms with Crippen LogP contribution in [0.25, 0.3) is 0 Å². The molecular weight excluding hydrogens is 424 g/mol. The van der Waals surface area contributed by atoms with Gasteiger partial charge in [-0.2, -0.15) is 0 Å². The minimum absolute atomic E-state index is 0.0543. The molecule has 30 heavy (non-hydrogen) atoms. The molecule has 0 bridgehead atoms. The summed E-state index contributed by atoms with van der Waals surface area (Å²) in [6.07, 6.45) is 0.794. The largest absolute Gasteiger partial charge is 0.348 e. The molecular formula is C21H25ClN4O3S. The van der Waals surface area contributed by atoms with Crippen molar-refractivity contribution in [2.45, 2.75) is 6.42 Å². The minimum Gasteiger partial charge on any atom is -0.348 e. The van der Waals surface area contributed by atoms with E-state index >= 15 is 0 Å². The van der Waals surface area contributed by atoms with Crippen molar-refractivity contribution in [1.29, 1.82) is 0 Å². The number of nitrogens with one attached hydrogen (secondary N) is 1. The van der Waals surface area contributed by atoms with Gasteiger partial charge in [-0.15, -0.1) is 11.3 Å². The van der Waals surface area contributed by atoms with E-state index in [1.807, 2.05) is 5.38 Å². The second kappa shape index (κ2) is 10.1. The summed E-state index contributed by atoms with van der Waals surface area (Å²) < 4.78 is 0. The molecule has 3 amide bonds. The number of likely N-dealkylation sites (N-methyl/N-ethyl adjacent to an activating group) is 1. The normalized spacial score (nSPS) is 14.8. The van der Waals surface area contributed by atoms with Crippen LogP contribution in [0.4, 0.5) is 5.69 Å². The van der Waals surface area contributed by atoms with Crippen molar-refractivity contribution >= 4 is 46.3 Å². The number of hydrogen-bond acceptors (Lipinski definition) is 5. The van der Waals surface area contributed by atoms with E-state index in [2.05, 4.69) is 10.2 Å². The van der Waals surface area contributed by atoms with Crippen LogP contribution < -0.4 is 5.32 Å². The van der Waals surface area contributed by atoms with Crippen molar-refractivity contribution in [2.24, 2.45) is 0 Å². The molecule has 0 unspecified atom stereocenters. The summed E-state index contributed by atoms with van der Waals surface area (Å²) in [5.74, 6) is -0.315. The highest BCUT2D eigenvalue weighted by Gasteiger charge is 2.22. The first-order valence-electron chi connectivity index (χ1n) is 9.71. The summed E-state index contributed by atoms with van der Waals surface area (Å²) in [5, 5.41) is 4.98. The van der Waals surface area contributed by atoms with Crippen LogP contribution in [-0.4, -0.2) is 79.2 Å². The minimum atomic E-state index is -0.257. The van der Waals surface area contributed by atoms with E-state index in [1.165, 1.54) is 11.3 Å². The molecule has 9 heteroatoms. The molecule has 2 aromatic rings. The van der Waals surface area contributed by atoms with E-state index in [9.17, 15) is 14.4 Å². The van der Waals surface area contributed by atoms with Gasteiger partial charge in [-0.25, -0.2) is 0 Å². The molecule has 0 radical (unpaired) electrons. The van der Waals surface area contributed by atoms with Crippen LogP contribution in [0.1, 0.15) is 26.5 Å². The number of anilines is 1. The van der Waals surface area contributed by atoms with E-state index in [0.29, 0.717) is 47.3 Å². The quantitative estimate of drug-likeness (QED) is 0.763. The molecule has 2 heterocycles. The van der Waals surface area contributed by atoms with E-state index < -0.39 is 0 Å². The number of carbonyl (C=O) groups is 3. The van der Waals surface area contributed by atoms with Gasteiger partial charge in [0.2, 0.25) is 5.91 Å². The molecule has 3 rings (SSSR count). The summed E-state index contributed by atoms with van der Waals surface area (Å²) in [6, 6.07) is 8.44. The Morgan fingerprint density at radius 1 is 1.13 bits per heavy atom. The van der Waals surface area contributed by atoms with E-state index in [0.717, 1.165) is 13.0 Å². The van der Waals surface area contributed by atoms with Crippen molar-refractivity contribution in [3.05, 3.63) is 51.2 Å². The van der Waals surface area contributed by atoms with Gasteiger partial charge in [0.05, 0.1) is 22.1 Å². The zero-order valence-electron chi connectivity index (χ0n) is 17.1. The number of rotatable bonds is 5. The van der Waals surface area contributed by atoms with Gasteiger partial charge in [0.1, 0.15) is 0 Å². The van der Waals surface area contributed by atoms with Crippen molar-refractivity contribution in [3.63, 3.8) is 0 Å². The zero-order valence-corrected chi connectivity index (χ0v) is 18.6. The molecule has 7 nitrogen and oxygen atoms in total. The third-order valence-electron chi connectivity index (χ3n) is 4.94. The van der Waals surface area contributed by atoms with Crippen LogP contribution in [0.2, 0.25) is 5.02 Å². The lowest BCUT2D eigenvalue weighted by atomic mass is 10.1. The molecule has 1 fully saturated rings. The van der Waals surface area contributed by atoms with Crippen LogP contribution in [-0.2, 0) is 4.79 Å². The van der Waals surface area contributed by atoms with E-state index in [-0.39, 0.29) is 17.7 Å². The smallest absolute Gasteiger partial charge is 0.265 e. The SMILES string of the molecule is CN(C)C(=O)CN1CCCN(C(=O)c2ccc(Cl)c(NC(=O)c3cccs3)c2)CC1. The highest BCUT2D eigenvalue weighted by atomic mass is 35.5. The maximum absolute atomic E-state index is 13.0. The Kier molecular flexibility index (Phi) is 7.47. The Balaban J connectivity index is 1.66. The summed E-state index contributed by atoms with van der Waals surface area (Å²) in [7, 11) is 3.48. The Morgan fingerprint density at radius 3 is 2.63 bits per heavy atom. The van der Waals surface area contributed by atoms with Gasteiger partial charge in [0.15, 0.2) is 0 Å². The lowest BCUT2D eigenvalue weighted by molar-refractivity contribution is -0.129. The Hall–Kier alpha value is -2.42. The number of nitrogens with zero attached hydrogens (tertiary/aromatic N) is 3. The summed E-state index contributed by atoms with van der Waals surface area (Å²) in [4.78, 5) is 43.4. The molecule has 0 saturated carbocycles. The van der Waals surface area contributed by atoms with Crippen molar-refractivity contribution < 1.29 is 14.4 Å².